The fraction of sp³-hybridized carbons (Fsp3) is 0.955. The molecular weight excluding hydrogens is 1390 g/mol. The van der Waals surface area contributed by atoms with E-state index in [-0.39, 0.29) is 25.7 Å². The number of aliphatic hydroxyl groups is 1. The number of phosphoric acid groups is 2. The van der Waals surface area contributed by atoms with Crippen molar-refractivity contribution in [2.45, 2.75) is 496 Å². The highest BCUT2D eigenvalue weighted by Gasteiger charge is 2.30. The lowest BCUT2D eigenvalue weighted by atomic mass is 10.0. The first-order valence-corrected chi connectivity index (χ1v) is 48.6. The summed E-state index contributed by atoms with van der Waals surface area (Å²) in [5.74, 6) is -1.28. The van der Waals surface area contributed by atoms with Crippen molar-refractivity contribution in [2.24, 2.45) is 5.92 Å². The summed E-state index contributed by atoms with van der Waals surface area (Å²) in [6, 6.07) is 0. The molecule has 0 aromatic heterocycles. The molecule has 0 bridgehead atoms. The van der Waals surface area contributed by atoms with E-state index in [9.17, 15) is 43.2 Å². The van der Waals surface area contributed by atoms with Crippen LogP contribution in [0.3, 0.4) is 0 Å². The number of hydrogen-bond acceptors (Lipinski definition) is 15. The summed E-state index contributed by atoms with van der Waals surface area (Å²) in [5, 5.41) is 10.7. The molecule has 636 valence electrons. The number of carbonyl (C=O) groups excluding carboxylic acids is 4. The SMILES string of the molecule is CCCCCCCCCCCCCCCCCCCCCCC(=O)OC[C@H](COP(=O)(O)OC[C@@H](O)COP(=O)(O)OC[C@@H](COC(=O)CCCCCCCCCCC)OC(=O)CCCCCCCCCCCCCCCCCCC)OC(=O)CCCCCCCCCCCCCCCCCCCCC(C)C. The number of unbranched alkanes of at least 4 members (excludes halogenated alkanes) is 60. The lowest BCUT2D eigenvalue weighted by molar-refractivity contribution is -0.161. The molecule has 0 spiro atoms. The minimum Gasteiger partial charge on any atom is -0.462 e. The topological polar surface area (TPSA) is 237 Å². The highest BCUT2D eigenvalue weighted by atomic mass is 31.2. The van der Waals surface area contributed by atoms with Gasteiger partial charge in [-0.25, -0.2) is 9.13 Å². The molecule has 19 heteroatoms. The summed E-state index contributed by atoms with van der Waals surface area (Å²) in [4.78, 5) is 73.2. The zero-order chi connectivity index (χ0) is 78.3. The van der Waals surface area contributed by atoms with Gasteiger partial charge in [-0.3, -0.25) is 37.3 Å². The molecule has 0 radical (unpaired) electrons. The van der Waals surface area contributed by atoms with Gasteiger partial charge in [0.2, 0.25) is 0 Å². The van der Waals surface area contributed by atoms with Gasteiger partial charge in [0, 0.05) is 25.7 Å². The quantitative estimate of drug-likeness (QED) is 0.0222. The van der Waals surface area contributed by atoms with Gasteiger partial charge in [0.05, 0.1) is 26.4 Å². The van der Waals surface area contributed by atoms with E-state index in [1.807, 2.05) is 0 Å². The largest absolute Gasteiger partial charge is 0.472 e. The van der Waals surface area contributed by atoms with E-state index < -0.39 is 97.5 Å². The number of ether oxygens (including phenoxy) is 4. The van der Waals surface area contributed by atoms with Crippen molar-refractivity contribution in [3.63, 3.8) is 0 Å². The van der Waals surface area contributed by atoms with Crippen LogP contribution in [0.4, 0.5) is 0 Å². The third-order valence-corrected chi connectivity index (χ3v) is 22.7. The molecule has 0 heterocycles. The lowest BCUT2D eigenvalue weighted by Gasteiger charge is -2.21. The average Bonchev–Trinajstić information content (AvgIpc) is 0.901. The zero-order valence-corrected chi connectivity index (χ0v) is 72.1. The molecule has 0 amide bonds. The molecule has 107 heavy (non-hydrogen) atoms. The van der Waals surface area contributed by atoms with Crippen molar-refractivity contribution in [3.8, 4) is 0 Å². The molecule has 0 aliphatic heterocycles. The number of phosphoric ester groups is 2. The van der Waals surface area contributed by atoms with E-state index in [1.165, 1.54) is 302 Å². The van der Waals surface area contributed by atoms with Crippen LogP contribution in [0.5, 0.6) is 0 Å². The summed E-state index contributed by atoms with van der Waals surface area (Å²) in [5.41, 5.74) is 0. The van der Waals surface area contributed by atoms with Gasteiger partial charge in [0.15, 0.2) is 12.2 Å². The van der Waals surface area contributed by atoms with Crippen LogP contribution < -0.4 is 0 Å². The minimum absolute atomic E-state index is 0.109. The predicted octanol–water partition coefficient (Wildman–Crippen LogP) is 27.2. The highest BCUT2D eigenvalue weighted by molar-refractivity contribution is 7.47. The van der Waals surface area contributed by atoms with E-state index in [0.29, 0.717) is 25.7 Å². The van der Waals surface area contributed by atoms with Gasteiger partial charge in [-0.2, -0.15) is 0 Å². The van der Waals surface area contributed by atoms with Crippen LogP contribution in [0.2, 0.25) is 0 Å². The predicted molar refractivity (Wildman–Crippen MR) is 442 cm³/mol. The Bertz CT molecular complexity index is 2030. The lowest BCUT2D eigenvalue weighted by Crippen LogP contribution is -2.30. The van der Waals surface area contributed by atoms with Gasteiger partial charge in [-0.15, -0.1) is 0 Å². The van der Waals surface area contributed by atoms with E-state index >= 15 is 0 Å². The first-order valence-electron chi connectivity index (χ1n) is 45.6. The Labute approximate surface area is 658 Å². The van der Waals surface area contributed by atoms with E-state index in [1.54, 1.807) is 0 Å². The van der Waals surface area contributed by atoms with Crippen LogP contribution in [-0.2, 0) is 65.4 Å². The molecule has 17 nitrogen and oxygen atoms in total. The Morgan fingerprint density at radius 1 is 0.252 bits per heavy atom. The molecule has 0 saturated heterocycles. The van der Waals surface area contributed by atoms with E-state index in [2.05, 4.69) is 34.6 Å². The number of hydrogen-bond donors (Lipinski definition) is 3. The maximum absolute atomic E-state index is 13.2. The van der Waals surface area contributed by atoms with Crippen LogP contribution in [-0.4, -0.2) is 96.7 Å². The highest BCUT2D eigenvalue weighted by Crippen LogP contribution is 2.45. The fourth-order valence-electron chi connectivity index (χ4n) is 13.8. The molecule has 3 N–H and O–H groups in total. The average molecular weight is 1560 g/mol. The van der Waals surface area contributed by atoms with Gasteiger partial charge in [-0.1, -0.05) is 426 Å². The first kappa shape index (κ1) is 105. The van der Waals surface area contributed by atoms with Crippen molar-refractivity contribution in [2.75, 3.05) is 39.6 Å². The van der Waals surface area contributed by atoms with Crippen molar-refractivity contribution in [1.82, 2.24) is 0 Å². The Kier molecular flexibility index (Phi) is 79.2. The Balaban J connectivity index is 5.20. The second kappa shape index (κ2) is 80.7. The number of rotatable bonds is 88. The number of esters is 4. The van der Waals surface area contributed by atoms with Gasteiger partial charge >= 0.3 is 39.5 Å². The van der Waals surface area contributed by atoms with Crippen molar-refractivity contribution in [3.05, 3.63) is 0 Å². The summed E-state index contributed by atoms with van der Waals surface area (Å²) >= 11 is 0. The molecular formula is C88H172O17P2. The molecule has 0 aliphatic carbocycles. The summed E-state index contributed by atoms with van der Waals surface area (Å²) in [7, 11) is -9.93. The first-order chi connectivity index (χ1) is 52.0. The van der Waals surface area contributed by atoms with Gasteiger partial charge in [0.25, 0.3) is 0 Å². The maximum atomic E-state index is 13.2. The monoisotopic (exact) mass is 1560 g/mol. The van der Waals surface area contributed by atoms with Crippen molar-refractivity contribution >= 4 is 39.5 Å². The third kappa shape index (κ3) is 81.9. The van der Waals surface area contributed by atoms with Crippen LogP contribution in [0.15, 0.2) is 0 Å². The standard InChI is InChI=1S/C88H172O17P2/c1-6-9-12-15-18-21-23-25-27-29-30-31-36-39-43-47-52-57-62-67-72-86(91)99-78-84(105-88(93)74-69-64-59-54-49-45-41-37-33-32-35-38-42-46-51-55-60-65-70-81(4)5)80-103-107(96,97)101-76-82(89)75-100-106(94,95)102-79-83(77-98-85(90)71-66-61-56-50-20-17-14-11-8-3)104-87(92)73-68-63-58-53-48-44-40-34-28-26-24-22-19-16-13-10-7-2/h81-84,89H,6-80H2,1-5H3,(H,94,95)(H,96,97)/t82-,83+,84+/m0/s1. The van der Waals surface area contributed by atoms with Crippen LogP contribution >= 0.6 is 15.6 Å². The molecule has 0 fully saturated rings. The van der Waals surface area contributed by atoms with Gasteiger partial charge in [-0.05, 0) is 31.6 Å². The molecule has 2 unspecified atom stereocenters. The third-order valence-electron chi connectivity index (χ3n) is 20.8. The Hall–Kier alpha value is -1.94. The maximum Gasteiger partial charge on any atom is 0.472 e. The molecule has 0 aliphatic rings. The van der Waals surface area contributed by atoms with Crippen LogP contribution in [0, 0.1) is 5.92 Å². The molecule has 0 aromatic carbocycles. The van der Waals surface area contributed by atoms with Gasteiger partial charge < -0.3 is 33.8 Å². The molecule has 0 saturated carbocycles. The second-order valence-corrected chi connectivity index (χ2v) is 35.0. The normalized spacial score (nSPS) is 13.7. The Morgan fingerprint density at radius 2 is 0.430 bits per heavy atom. The van der Waals surface area contributed by atoms with Crippen molar-refractivity contribution < 1.29 is 80.2 Å². The minimum atomic E-state index is -4.97. The smallest absolute Gasteiger partial charge is 0.462 e. The molecule has 0 aromatic rings. The molecule has 5 atom stereocenters. The molecule has 0 rings (SSSR count). The van der Waals surface area contributed by atoms with E-state index in [0.717, 1.165) is 95.8 Å². The number of aliphatic hydroxyl groups excluding tert-OH is 1. The summed E-state index contributed by atoms with van der Waals surface area (Å²) < 4.78 is 68.9. The van der Waals surface area contributed by atoms with Crippen molar-refractivity contribution in [1.29, 1.82) is 0 Å². The van der Waals surface area contributed by atoms with Gasteiger partial charge in [0.1, 0.15) is 19.3 Å². The van der Waals surface area contributed by atoms with Crippen LogP contribution in [0.25, 0.3) is 0 Å². The van der Waals surface area contributed by atoms with E-state index in [4.69, 9.17) is 37.0 Å². The van der Waals surface area contributed by atoms with Crippen LogP contribution in [0.1, 0.15) is 478 Å². The Morgan fingerprint density at radius 3 is 0.636 bits per heavy atom. The number of carbonyl (C=O) groups is 4. The zero-order valence-electron chi connectivity index (χ0n) is 70.3. The summed E-state index contributed by atoms with van der Waals surface area (Å²) in [6.45, 7) is 7.40. The summed E-state index contributed by atoms with van der Waals surface area (Å²) in [6.07, 6.45) is 75.1. The second-order valence-electron chi connectivity index (χ2n) is 32.1. The fourth-order valence-corrected chi connectivity index (χ4v) is 15.4.